The fourth-order valence-electron chi connectivity index (χ4n) is 3.83. The van der Waals surface area contributed by atoms with Gasteiger partial charge in [0, 0.05) is 31.3 Å². The molecule has 2 N–H and O–H groups in total. The first kappa shape index (κ1) is 16.9. The van der Waals surface area contributed by atoms with Crippen molar-refractivity contribution in [3.8, 4) is 0 Å². The van der Waals surface area contributed by atoms with E-state index in [1.807, 2.05) is 10.3 Å². The SMILES string of the molecule is O=C(CCc1ccsc1)N1CCC2(CC1)[C@H](O)C[C@@H]2OCCO. The average Bonchev–Trinajstić information content (AvgIpc) is 3.10. The van der Waals surface area contributed by atoms with E-state index in [9.17, 15) is 9.90 Å². The lowest BCUT2D eigenvalue weighted by Crippen LogP contribution is -2.62. The lowest BCUT2D eigenvalue weighted by molar-refractivity contribution is -0.213. The van der Waals surface area contributed by atoms with Crippen molar-refractivity contribution < 1.29 is 19.7 Å². The molecule has 1 aromatic rings. The van der Waals surface area contributed by atoms with Gasteiger partial charge in [0.2, 0.25) is 5.91 Å². The molecule has 2 atom stereocenters. The molecule has 128 valence electrons. The summed E-state index contributed by atoms with van der Waals surface area (Å²) in [5.74, 6) is 0.202. The molecular weight excluding hydrogens is 314 g/mol. The van der Waals surface area contributed by atoms with E-state index in [0.717, 1.165) is 19.3 Å². The number of hydrogen-bond acceptors (Lipinski definition) is 5. The van der Waals surface area contributed by atoms with Gasteiger partial charge in [0.05, 0.1) is 25.4 Å². The third-order valence-electron chi connectivity index (χ3n) is 5.41. The first-order valence-electron chi connectivity index (χ1n) is 8.35. The zero-order chi connectivity index (χ0) is 16.3. The summed E-state index contributed by atoms with van der Waals surface area (Å²) in [6.45, 7) is 1.72. The van der Waals surface area contributed by atoms with Crippen LogP contribution >= 0.6 is 11.3 Å². The van der Waals surface area contributed by atoms with Crippen LogP contribution in [-0.2, 0) is 16.0 Å². The highest BCUT2D eigenvalue weighted by Gasteiger charge is 2.56. The minimum atomic E-state index is -0.339. The molecule has 0 unspecified atom stereocenters. The van der Waals surface area contributed by atoms with Crippen molar-refractivity contribution in [3.63, 3.8) is 0 Å². The number of likely N-dealkylation sites (tertiary alicyclic amines) is 1. The lowest BCUT2D eigenvalue weighted by atomic mass is 9.58. The highest BCUT2D eigenvalue weighted by Crippen LogP contribution is 2.50. The molecule has 1 aliphatic heterocycles. The zero-order valence-corrected chi connectivity index (χ0v) is 14.1. The van der Waals surface area contributed by atoms with Crippen molar-refractivity contribution in [2.24, 2.45) is 5.41 Å². The van der Waals surface area contributed by atoms with Crippen LogP contribution in [0, 0.1) is 5.41 Å². The summed E-state index contributed by atoms with van der Waals surface area (Å²) < 4.78 is 5.67. The third-order valence-corrected chi connectivity index (χ3v) is 6.14. The number of piperidine rings is 1. The maximum absolute atomic E-state index is 12.3. The normalized spacial score (nSPS) is 26.3. The minimum absolute atomic E-state index is 0.00979. The van der Waals surface area contributed by atoms with E-state index >= 15 is 0 Å². The molecule has 2 heterocycles. The number of thiophene rings is 1. The van der Waals surface area contributed by atoms with Crippen molar-refractivity contribution in [2.75, 3.05) is 26.3 Å². The van der Waals surface area contributed by atoms with Gasteiger partial charge in [-0.3, -0.25) is 4.79 Å². The van der Waals surface area contributed by atoms with Gasteiger partial charge in [0.25, 0.3) is 0 Å². The second-order valence-corrected chi connectivity index (χ2v) is 7.36. The summed E-state index contributed by atoms with van der Waals surface area (Å²) in [6, 6.07) is 2.07. The highest BCUT2D eigenvalue weighted by atomic mass is 32.1. The zero-order valence-electron chi connectivity index (χ0n) is 13.3. The van der Waals surface area contributed by atoms with Crippen LogP contribution in [-0.4, -0.2) is 59.5 Å². The largest absolute Gasteiger partial charge is 0.394 e. The van der Waals surface area contributed by atoms with E-state index in [4.69, 9.17) is 9.84 Å². The molecule has 2 fully saturated rings. The second-order valence-electron chi connectivity index (χ2n) is 6.58. The Balaban J connectivity index is 1.48. The predicted molar refractivity (Wildman–Crippen MR) is 88.3 cm³/mol. The summed E-state index contributed by atoms with van der Waals surface area (Å²) in [6.07, 6.45) is 3.25. The molecule has 0 aromatic carbocycles. The number of aryl methyl sites for hydroxylation is 1. The van der Waals surface area contributed by atoms with Gasteiger partial charge >= 0.3 is 0 Å². The Morgan fingerprint density at radius 1 is 1.43 bits per heavy atom. The number of amides is 1. The summed E-state index contributed by atoms with van der Waals surface area (Å²) in [5.41, 5.74) is 1.02. The van der Waals surface area contributed by atoms with Crippen LogP contribution in [0.3, 0.4) is 0 Å². The molecule has 3 rings (SSSR count). The van der Waals surface area contributed by atoms with E-state index in [1.54, 1.807) is 11.3 Å². The monoisotopic (exact) mass is 339 g/mol. The Morgan fingerprint density at radius 3 is 2.83 bits per heavy atom. The van der Waals surface area contributed by atoms with Gasteiger partial charge in [-0.25, -0.2) is 0 Å². The first-order chi connectivity index (χ1) is 11.2. The van der Waals surface area contributed by atoms with Crippen molar-refractivity contribution >= 4 is 17.2 Å². The van der Waals surface area contributed by atoms with Gasteiger partial charge in [0.15, 0.2) is 0 Å². The van der Waals surface area contributed by atoms with Crippen LogP contribution in [0.1, 0.15) is 31.2 Å². The van der Waals surface area contributed by atoms with E-state index in [0.29, 0.717) is 32.5 Å². The van der Waals surface area contributed by atoms with Crippen LogP contribution < -0.4 is 0 Å². The molecule has 0 radical (unpaired) electrons. The lowest BCUT2D eigenvalue weighted by Gasteiger charge is -2.56. The molecular formula is C17H25NO4S. The quantitative estimate of drug-likeness (QED) is 0.823. The summed E-state index contributed by atoms with van der Waals surface area (Å²) >= 11 is 1.66. The predicted octanol–water partition coefficient (Wildman–Crippen LogP) is 1.43. The molecule has 1 saturated heterocycles. The number of ether oxygens (including phenoxy) is 1. The first-order valence-corrected chi connectivity index (χ1v) is 9.29. The number of nitrogens with zero attached hydrogens (tertiary/aromatic N) is 1. The molecule has 1 saturated carbocycles. The maximum Gasteiger partial charge on any atom is 0.222 e. The van der Waals surface area contributed by atoms with Gasteiger partial charge < -0.3 is 19.8 Å². The van der Waals surface area contributed by atoms with Crippen LogP contribution in [0.4, 0.5) is 0 Å². The molecule has 0 bridgehead atoms. The van der Waals surface area contributed by atoms with E-state index < -0.39 is 0 Å². The Morgan fingerprint density at radius 2 is 2.22 bits per heavy atom. The molecule has 1 aliphatic carbocycles. The molecule has 5 nitrogen and oxygen atoms in total. The number of carbonyl (C=O) groups is 1. The van der Waals surface area contributed by atoms with E-state index in [2.05, 4.69) is 11.4 Å². The topological polar surface area (TPSA) is 70.0 Å². The maximum atomic E-state index is 12.3. The Labute approximate surface area is 140 Å². The Bertz CT molecular complexity index is 511. The van der Waals surface area contributed by atoms with Crippen LogP contribution in [0.2, 0.25) is 0 Å². The number of aliphatic hydroxyl groups excluding tert-OH is 2. The third kappa shape index (κ3) is 3.45. The van der Waals surface area contributed by atoms with Gasteiger partial charge in [-0.05, 0) is 41.7 Å². The molecule has 23 heavy (non-hydrogen) atoms. The van der Waals surface area contributed by atoms with Gasteiger partial charge in [0.1, 0.15) is 0 Å². The van der Waals surface area contributed by atoms with E-state index in [-0.39, 0.29) is 30.1 Å². The van der Waals surface area contributed by atoms with Crippen LogP contribution in [0.15, 0.2) is 16.8 Å². The molecule has 2 aliphatic rings. The summed E-state index contributed by atoms with van der Waals surface area (Å²) in [7, 11) is 0. The van der Waals surface area contributed by atoms with Crippen molar-refractivity contribution in [2.45, 2.75) is 44.3 Å². The minimum Gasteiger partial charge on any atom is -0.394 e. The van der Waals surface area contributed by atoms with Gasteiger partial charge in [-0.2, -0.15) is 11.3 Å². The number of rotatable bonds is 6. The Hall–Kier alpha value is -0.950. The van der Waals surface area contributed by atoms with Crippen molar-refractivity contribution in [1.82, 2.24) is 4.90 Å². The fraction of sp³-hybridized carbons (Fsp3) is 0.706. The average molecular weight is 339 g/mol. The van der Waals surface area contributed by atoms with Crippen molar-refractivity contribution in [3.05, 3.63) is 22.4 Å². The van der Waals surface area contributed by atoms with Gasteiger partial charge in [-0.1, -0.05) is 0 Å². The number of hydrogen-bond donors (Lipinski definition) is 2. The summed E-state index contributed by atoms with van der Waals surface area (Å²) in [4.78, 5) is 14.3. The summed E-state index contributed by atoms with van der Waals surface area (Å²) in [5, 5.41) is 23.2. The standard InChI is InChI=1S/C17H25NO4S/c19-8-9-22-15-11-14(20)17(15)4-6-18(7-5-17)16(21)2-1-13-3-10-23-12-13/h3,10,12,14-15,19-20H,1-2,4-9,11H2/t14-,15+/m1/s1. The van der Waals surface area contributed by atoms with Crippen molar-refractivity contribution in [1.29, 1.82) is 0 Å². The highest BCUT2D eigenvalue weighted by molar-refractivity contribution is 7.07. The number of aliphatic hydroxyl groups is 2. The second kappa shape index (κ2) is 7.30. The smallest absolute Gasteiger partial charge is 0.222 e. The fourth-order valence-corrected chi connectivity index (χ4v) is 4.53. The van der Waals surface area contributed by atoms with Gasteiger partial charge in [-0.15, -0.1) is 0 Å². The van der Waals surface area contributed by atoms with Crippen LogP contribution in [0.5, 0.6) is 0 Å². The molecule has 6 heteroatoms. The Kier molecular flexibility index (Phi) is 5.36. The molecule has 1 aromatic heterocycles. The molecule has 1 amide bonds. The number of carbonyl (C=O) groups excluding carboxylic acids is 1. The molecule has 1 spiro atoms. The van der Waals surface area contributed by atoms with E-state index in [1.165, 1.54) is 5.56 Å². The van der Waals surface area contributed by atoms with Crippen LogP contribution in [0.25, 0.3) is 0 Å².